The number of nitrogens with zero attached hydrogens (tertiary/aromatic N) is 7. The van der Waals surface area contributed by atoms with E-state index in [4.69, 9.17) is 58.0 Å². The van der Waals surface area contributed by atoms with E-state index in [2.05, 4.69) is 40.5 Å². The van der Waals surface area contributed by atoms with E-state index in [0.29, 0.717) is 0 Å². The molecule has 0 aliphatic carbocycles. The molecule has 0 spiro atoms. The molecule has 3 fully saturated rings. The van der Waals surface area contributed by atoms with Crippen LogP contribution in [-0.4, -0.2) is 198 Å². The average molecular weight is 1090 g/mol. The monoisotopic (exact) mass is 1090 g/mol. The molecule has 3 saturated heterocycles. The van der Waals surface area contributed by atoms with Crippen molar-refractivity contribution in [1.29, 1.82) is 0 Å². The van der Waals surface area contributed by atoms with Crippen LogP contribution in [0.25, 0.3) is 22.3 Å². The number of H-pyrrole nitrogens is 2. The molecule has 4 aliphatic heterocycles. The smallest absolute Gasteiger partial charge is 0.386 e. The topological polar surface area (TPSA) is 462 Å². The molecule has 0 radical (unpaired) electrons. The third kappa shape index (κ3) is 13.1. The van der Waals surface area contributed by atoms with Crippen molar-refractivity contribution in [2.45, 2.75) is 61.9 Å². The first-order valence-electron chi connectivity index (χ1n) is 22.5. The van der Waals surface area contributed by atoms with Crippen LogP contribution in [0, 0.1) is 0 Å². The quantitative estimate of drug-likeness (QED) is 0.0218. The number of ether oxygens (including phenoxy) is 6. The van der Waals surface area contributed by atoms with E-state index >= 15 is 0 Å². The van der Waals surface area contributed by atoms with E-state index in [1.54, 1.807) is 0 Å². The van der Waals surface area contributed by atoms with Crippen LogP contribution in [0.15, 0.2) is 34.4 Å². The molecule has 0 saturated carbocycles. The maximum atomic E-state index is 13.8. The fraction of sp³-hybridized carbons (Fsp3) is 0.579. The Morgan fingerprint density at radius 2 is 1.19 bits per heavy atom. The number of nitrogen functional groups attached to an aromatic ring is 2. The summed E-state index contributed by atoms with van der Waals surface area (Å²) in [7, 11) is -10.5. The zero-order valence-electron chi connectivity index (χ0n) is 38.7. The summed E-state index contributed by atoms with van der Waals surface area (Å²) >= 11 is 0. The summed E-state index contributed by atoms with van der Waals surface area (Å²) in [6.45, 7) is -0.485. The number of imide groups is 1. The van der Waals surface area contributed by atoms with Crippen molar-refractivity contribution < 1.29 is 89.7 Å². The Hall–Kier alpha value is -5.94. The number of anilines is 2. The molecule has 0 bridgehead atoms. The number of phosphoric acid groups is 2. The van der Waals surface area contributed by atoms with Crippen LogP contribution in [0.1, 0.15) is 25.3 Å². The molecule has 11 N–H and O–H groups in total. The minimum atomic E-state index is -5.28. The number of carbonyl (C=O) groups excluding carboxylic acids is 4. The lowest BCUT2D eigenvalue weighted by atomic mass is 10.1. The van der Waals surface area contributed by atoms with Crippen molar-refractivity contribution in [1.82, 2.24) is 54.6 Å². The van der Waals surface area contributed by atoms with Crippen LogP contribution in [0.3, 0.4) is 0 Å². The predicted octanol–water partition coefficient (Wildman–Crippen LogP) is -4.04. The fourth-order valence-corrected chi connectivity index (χ4v) is 9.91. The number of aliphatic hydroxyl groups is 1. The lowest BCUT2D eigenvalue weighted by Crippen LogP contribution is -2.48. The lowest BCUT2D eigenvalue weighted by molar-refractivity contribution is -0.137. The van der Waals surface area contributed by atoms with Crippen LogP contribution in [0.2, 0.25) is 0 Å². The number of phosphoric ester groups is 2. The number of aromatic nitrogens is 8. The molecule has 36 heteroatoms. The summed E-state index contributed by atoms with van der Waals surface area (Å²) in [6.07, 6.45) is -7.48. The summed E-state index contributed by atoms with van der Waals surface area (Å²) < 4.78 is 85.2. The van der Waals surface area contributed by atoms with Gasteiger partial charge in [0.05, 0.1) is 78.7 Å². The highest BCUT2D eigenvalue weighted by molar-refractivity contribution is 7.47. The number of rotatable bonds is 21. The molecule has 6 unspecified atom stereocenters. The van der Waals surface area contributed by atoms with E-state index in [0.717, 1.165) is 34.3 Å². The second-order valence-electron chi connectivity index (χ2n) is 16.4. The van der Waals surface area contributed by atoms with E-state index in [-0.39, 0.29) is 119 Å². The van der Waals surface area contributed by atoms with Crippen LogP contribution < -0.4 is 33.2 Å². The summed E-state index contributed by atoms with van der Waals surface area (Å²) in [5.41, 5.74) is 9.33. The number of nitrogens with one attached hydrogen (secondary N) is 4. The van der Waals surface area contributed by atoms with Crippen LogP contribution in [0.5, 0.6) is 0 Å². The Balaban J connectivity index is 0.827. The molecule has 4 aromatic heterocycles. The number of aliphatic hydroxyl groups excluding tert-OH is 1. The number of aromatic amines is 2. The molecular weight excluding hydrogens is 1040 g/mol. The summed E-state index contributed by atoms with van der Waals surface area (Å²) in [6, 6.07) is -1.49. The van der Waals surface area contributed by atoms with E-state index in [9.17, 15) is 52.8 Å². The van der Waals surface area contributed by atoms with Crippen LogP contribution >= 0.6 is 15.6 Å². The molecule has 74 heavy (non-hydrogen) atoms. The van der Waals surface area contributed by atoms with E-state index < -0.39 is 107 Å². The minimum absolute atomic E-state index is 0.0159. The molecule has 8 rings (SSSR count). The maximum Gasteiger partial charge on any atom is 0.472 e. The lowest BCUT2D eigenvalue weighted by Gasteiger charge is -2.29. The fourth-order valence-electron chi connectivity index (χ4n) is 7.97. The van der Waals surface area contributed by atoms with Crippen molar-refractivity contribution in [2.75, 3.05) is 90.6 Å². The Kier molecular flexibility index (Phi) is 17.4. The molecule has 8 heterocycles. The highest BCUT2D eigenvalue weighted by Crippen LogP contribution is 2.53. The first kappa shape index (κ1) is 54.3. The molecule has 0 aromatic carbocycles. The first-order valence-corrected chi connectivity index (χ1v) is 25.5. The van der Waals surface area contributed by atoms with Crippen LogP contribution in [0.4, 0.5) is 11.9 Å². The van der Waals surface area contributed by atoms with Gasteiger partial charge in [-0.1, -0.05) is 0 Å². The van der Waals surface area contributed by atoms with Gasteiger partial charge >= 0.3 is 15.6 Å². The van der Waals surface area contributed by atoms with Gasteiger partial charge in [0.15, 0.2) is 34.8 Å². The number of hydrogen-bond donors (Lipinski definition) is 9. The van der Waals surface area contributed by atoms with Gasteiger partial charge < -0.3 is 65.4 Å². The Bertz CT molecular complexity index is 2930. The van der Waals surface area contributed by atoms with Gasteiger partial charge in [-0.2, -0.15) is 9.97 Å². The maximum absolute atomic E-state index is 13.8. The van der Waals surface area contributed by atoms with Crippen molar-refractivity contribution in [2.24, 2.45) is 0 Å². The van der Waals surface area contributed by atoms with Gasteiger partial charge in [-0.3, -0.25) is 70.9 Å². The summed E-state index contributed by atoms with van der Waals surface area (Å²) in [5, 5.41) is 16.7. The van der Waals surface area contributed by atoms with Crippen molar-refractivity contribution in [3.05, 3.63) is 45.5 Å². The third-order valence-electron chi connectivity index (χ3n) is 11.4. The zero-order chi connectivity index (χ0) is 52.7. The first-order chi connectivity index (χ1) is 35.4. The number of hydrogen-bond acceptors (Lipinski definition) is 25. The molecule has 4 aliphatic rings. The third-order valence-corrected chi connectivity index (χ3v) is 13.3. The van der Waals surface area contributed by atoms with Gasteiger partial charge in [-0.15, -0.1) is 0 Å². The van der Waals surface area contributed by atoms with Gasteiger partial charge in [-0.25, -0.2) is 19.1 Å². The van der Waals surface area contributed by atoms with E-state index in [1.165, 1.54) is 4.57 Å². The highest BCUT2D eigenvalue weighted by atomic mass is 31.2. The van der Waals surface area contributed by atoms with Crippen molar-refractivity contribution >= 4 is 73.5 Å². The number of imidazole rings is 2. The number of nitrogens with two attached hydrogens (primary N) is 2. The minimum Gasteiger partial charge on any atom is -0.386 e. The summed E-state index contributed by atoms with van der Waals surface area (Å²) in [4.78, 5) is 118. The van der Waals surface area contributed by atoms with Crippen molar-refractivity contribution in [3.8, 4) is 0 Å². The molecule has 4 aromatic rings. The number of carbonyl (C=O) groups is 4. The van der Waals surface area contributed by atoms with Crippen LogP contribution in [-0.2, 0) is 74.8 Å². The molecule has 34 nitrogen and oxygen atoms in total. The average Bonchev–Trinajstić information content (AvgIpc) is 4.16. The highest BCUT2D eigenvalue weighted by Gasteiger charge is 2.54. The second-order valence-corrected chi connectivity index (χ2v) is 19.2. The molecule has 4 amide bonds. The Labute approximate surface area is 415 Å². The zero-order valence-corrected chi connectivity index (χ0v) is 40.5. The Morgan fingerprint density at radius 3 is 1.76 bits per heavy atom. The van der Waals surface area contributed by atoms with Gasteiger partial charge in [0.25, 0.3) is 22.9 Å². The standard InChI is InChI=1S/C38H51N13O21P2/c39-37-45-31-26(33(57)47-37)42-17-50(31)35-25(44-22(53)4-7-63-9-11-65-13-14-66-12-10-64-8-5-41-21(52)3-6-49-23(54)1-2-24(49)55)29-19(69-35)15-67-74(61,62)72-30-20(16-68-73(59,60)71-29)70-36(28(30)56)51-18-43-27-32(51)46-38(40)48-34(27)58/h1-2,17-20,25,28-30,35-36,56H,3-16H2,(H,41,52)(H,44,53)(H,59,60)(H,61,62)(H3,39,45,47,57)(H3,40,46,48,58)/t19-,20-,25?,28?,29?,30?,35-,36-/m1/s1. The van der Waals surface area contributed by atoms with Gasteiger partial charge in [0, 0.05) is 38.1 Å². The Morgan fingerprint density at radius 1 is 0.703 bits per heavy atom. The second kappa shape index (κ2) is 23.7. The number of amides is 4. The van der Waals surface area contributed by atoms with E-state index in [1.807, 2.05) is 0 Å². The molecule has 404 valence electrons. The van der Waals surface area contributed by atoms with Gasteiger partial charge in [-0.05, 0) is 0 Å². The molecule has 10 atom stereocenters. The van der Waals surface area contributed by atoms with Gasteiger partial charge in [0.2, 0.25) is 23.7 Å². The van der Waals surface area contributed by atoms with Gasteiger partial charge in [0.1, 0.15) is 36.6 Å². The molecular formula is C38H51N13O21P2. The largest absolute Gasteiger partial charge is 0.472 e. The predicted molar refractivity (Wildman–Crippen MR) is 244 cm³/mol. The number of fused-ring (bicyclic) bond motifs is 4. The van der Waals surface area contributed by atoms with Crippen molar-refractivity contribution in [3.63, 3.8) is 0 Å². The SMILES string of the molecule is Nc1nc2c(ncn2[C@@H]2O[C@@H]3COP(=O)(O)OC4C(NC(=O)CCOCCOCCOCCOCCNC(=O)CCN5C(=O)C=CC5=O)[C@H](n5cnc6c(=O)[nH]c(N)nc65)O[C@@H]4COP(=O)(O)OC3C2O)c(=O)[nH]1. The normalized spacial score (nSPS) is 28.3. The summed E-state index contributed by atoms with van der Waals surface area (Å²) in [5.74, 6) is -2.60.